The molecule has 1 aliphatic heterocycles. The number of aryl methyl sites for hydroxylation is 1. The van der Waals surface area contributed by atoms with Gasteiger partial charge in [0.15, 0.2) is 17.9 Å². The molecule has 2 atom stereocenters. The van der Waals surface area contributed by atoms with Crippen molar-refractivity contribution in [2.75, 3.05) is 38.7 Å². The number of nitriles is 1. The summed E-state index contributed by atoms with van der Waals surface area (Å²) in [5, 5.41) is 10.9. The second-order valence-corrected chi connectivity index (χ2v) is 9.37. The molecule has 0 aliphatic carbocycles. The molecule has 0 bridgehead atoms. The van der Waals surface area contributed by atoms with Crippen LogP contribution in [0.25, 0.3) is 16.7 Å². The lowest BCUT2D eigenvalue weighted by atomic mass is 10.0. The molecule has 1 saturated heterocycles. The van der Waals surface area contributed by atoms with Gasteiger partial charge in [0.2, 0.25) is 0 Å². The molecule has 1 aromatic carbocycles. The summed E-state index contributed by atoms with van der Waals surface area (Å²) in [5.41, 5.74) is 4.42. The lowest BCUT2D eigenvalue weighted by Gasteiger charge is -2.44. The third-order valence-corrected chi connectivity index (χ3v) is 6.63. The van der Waals surface area contributed by atoms with Gasteiger partial charge in [-0.05, 0) is 38.5 Å². The Morgan fingerprint density at radius 1 is 1.31 bits per heavy atom. The van der Waals surface area contributed by atoms with Gasteiger partial charge in [0.25, 0.3) is 0 Å². The number of carbonyl (C=O) groups excluding carboxylic acids is 1. The first-order valence-electron chi connectivity index (χ1n) is 12.0. The van der Waals surface area contributed by atoms with Gasteiger partial charge in [-0.15, -0.1) is 0 Å². The van der Waals surface area contributed by atoms with Crippen molar-refractivity contribution < 1.29 is 9.18 Å². The first-order chi connectivity index (χ1) is 17.2. The van der Waals surface area contributed by atoms with E-state index in [-0.39, 0.29) is 30.5 Å². The van der Waals surface area contributed by atoms with Gasteiger partial charge in [-0.2, -0.15) is 5.26 Å². The number of fused-ring (bicyclic) bond motifs is 1. The van der Waals surface area contributed by atoms with Crippen LogP contribution in [0.15, 0.2) is 36.4 Å². The summed E-state index contributed by atoms with van der Waals surface area (Å²) >= 11 is 0. The minimum atomic E-state index is -0.871. The first kappa shape index (κ1) is 25.3. The topological polar surface area (TPSA) is 94.2 Å². The molecule has 0 spiro atoms. The number of halogens is 1. The van der Waals surface area contributed by atoms with E-state index in [0.717, 1.165) is 22.3 Å². The summed E-state index contributed by atoms with van der Waals surface area (Å²) in [6.07, 6.45) is 3.79. The fourth-order valence-electron chi connectivity index (χ4n) is 4.74. The number of imidazole rings is 1. The molecule has 3 aromatic rings. The number of hydrogen-bond donors (Lipinski definition) is 0. The number of rotatable bonds is 7. The average molecular weight is 491 g/mol. The van der Waals surface area contributed by atoms with E-state index in [1.54, 1.807) is 36.2 Å². The van der Waals surface area contributed by atoms with Gasteiger partial charge in [-0.3, -0.25) is 14.7 Å². The molecule has 3 heterocycles. The Hall–Kier alpha value is -3.84. The van der Waals surface area contributed by atoms with Gasteiger partial charge in [0.05, 0.1) is 41.1 Å². The summed E-state index contributed by atoms with van der Waals surface area (Å²) in [6, 6.07) is 8.27. The molecule has 1 fully saturated rings. The highest BCUT2D eigenvalue weighted by molar-refractivity contribution is 5.83. The Balaban J connectivity index is 1.60. The standard InChI is InChI=1S/C26H31FN8O/c1-17-13-29-23-7-6-20(12-24(23)30-17)19(3)33-10-11-34(18(2)14-33)25(22(27)16-36)26-31-21(8-9-28)15-35(26)32(4)5/h6-7,12-13,15-16,18-19H,8,10-11,14H2,1-5H3/b25-22-. The monoisotopic (exact) mass is 490 g/mol. The maximum absolute atomic E-state index is 15.1. The number of aromatic nitrogens is 4. The van der Waals surface area contributed by atoms with Crippen LogP contribution < -0.4 is 5.01 Å². The van der Waals surface area contributed by atoms with E-state index in [9.17, 15) is 4.79 Å². The van der Waals surface area contributed by atoms with E-state index in [1.165, 1.54) is 0 Å². The van der Waals surface area contributed by atoms with E-state index in [4.69, 9.17) is 5.26 Å². The second kappa shape index (κ2) is 10.4. The molecule has 0 N–H and O–H groups in total. The van der Waals surface area contributed by atoms with Crippen LogP contribution in [0.1, 0.15) is 42.7 Å². The zero-order chi connectivity index (χ0) is 26.0. The second-order valence-electron chi connectivity index (χ2n) is 9.37. The van der Waals surface area contributed by atoms with Crippen LogP contribution in [-0.4, -0.2) is 75.5 Å². The third-order valence-electron chi connectivity index (χ3n) is 6.63. The minimum absolute atomic E-state index is 0.0869. The summed E-state index contributed by atoms with van der Waals surface area (Å²) in [7, 11) is 3.60. The number of hydrogen-bond acceptors (Lipinski definition) is 8. The van der Waals surface area contributed by atoms with Crippen molar-refractivity contribution in [2.45, 2.75) is 39.3 Å². The van der Waals surface area contributed by atoms with Gasteiger partial charge in [-0.25, -0.2) is 19.0 Å². The zero-order valence-corrected chi connectivity index (χ0v) is 21.3. The summed E-state index contributed by atoms with van der Waals surface area (Å²) in [6.45, 7) is 7.96. The van der Waals surface area contributed by atoms with Crippen LogP contribution in [0.2, 0.25) is 0 Å². The maximum atomic E-state index is 15.1. The molecule has 2 unspecified atom stereocenters. The number of allylic oxidation sites excluding steroid dienone is 1. The van der Waals surface area contributed by atoms with Crippen molar-refractivity contribution in [3.05, 3.63) is 59.2 Å². The average Bonchev–Trinajstić information content (AvgIpc) is 3.28. The molecule has 188 valence electrons. The molecule has 36 heavy (non-hydrogen) atoms. The highest BCUT2D eigenvalue weighted by Crippen LogP contribution is 2.31. The van der Waals surface area contributed by atoms with Crippen molar-refractivity contribution in [3.63, 3.8) is 0 Å². The van der Waals surface area contributed by atoms with Crippen molar-refractivity contribution in [3.8, 4) is 6.07 Å². The van der Waals surface area contributed by atoms with Gasteiger partial charge >= 0.3 is 0 Å². The predicted molar refractivity (Wildman–Crippen MR) is 136 cm³/mol. The van der Waals surface area contributed by atoms with Crippen LogP contribution in [0.3, 0.4) is 0 Å². The number of aldehydes is 1. The molecule has 9 nitrogen and oxygen atoms in total. The Labute approximate surface area is 210 Å². The fourth-order valence-corrected chi connectivity index (χ4v) is 4.74. The molecule has 0 amide bonds. The molecule has 0 radical (unpaired) electrons. The highest BCUT2D eigenvalue weighted by atomic mass is 19.1. The molecule has 2 aromatic heterocycles. The molecule has 1 aliphatic rings. The van der Waals surface area contributed by atoms with E-state index >= 15 is 4.39 Å². The molecular formula is C26H31FN8O. The fraction of sp³-hybridized carbons (Fsp3) is 0.423. The van der Waals surface area contributed by atoms with Crippen LogP contribution in [0.4, 0.5) is 4.39 Å². The SMILES string of the molecule is Cc1cnc2ccc(C(C)N3CCN(/C(=C(\F)C=O)c4nc(CC#N)cn4N(C)C)C(C)C3)cc2n1. The number of carbonyl (C=O) groups is 1. The molecule has 0 saturated carbocycles. The lowest BCUT2D eigenvalue weighted by Crippen LogP contribution is -2.52. The Bertz CT molecular complexity index is 1340. The number of piperazine rings is 1. The van der Waals surface area contributed by atoms with Gasteiger partial charge in [0.1, 0.15) is 5.70 Å². The quantitative estimate of drug-likeness (QED) is 0.369. The highest BCUT2D eigenvalue weighted by Gasteiger charge is 2.33. The van der Waals surface area contributed by atoms with Crippen LogP contribution in [0.5, 0.6) is 0 Å². The van der Waals surface area contributed by atoms with Crippen LogP contribution in [0, 0.1) is 18.3 Å². The van der Waals surface area contributed by atoms with Crippen molar-refractivity contribution in [1.29, 1.82) is 5.26 Å². The van der Waals surface area contributed by atoms with E-state index in [0.29, 0.717) is 31.2 Å². The molecule has 10 heteroatoms. The predicted octanol–water partition coefficient (Wildman–Crippen LogP) is 3.00. The Morgan fingerprint density at radius 3 is 2.75 bits per heavy atom. The summed E-state index contributed by atoms with van der Waals surface area (Å²) < 4.78 is 16.8. The largest absolute Gasteiger partial charge is 0.361 e. The Morgan fingerprint density at radius 2 is 2.08 bits per heavy atom. The van der Waals surface area contributed by atoms with Gasteiger partial charge in [-0.1, -0.05) is 6.07 Å². The number of benzene rings is 1. The number of nitrogens with zero attached hydrogens (tertiary/aromatic N) is 8. The molecular weight excluding hydrogens is 459 g/mol. The summed E-state index contributed by atoms with van der Waals surface area (Å²) in [5.74, 6) is -0.560. The van der Waals surface area contributed by atoms with Crippen molar-refractivity contribution in [2.24, 2.45) is 0 Å². The Kier molecular flexibility index (Phi) is 7.31. The van der Waals surface area contributed by atoms with Gasteiger partial charge in [0, 0.05) is 52.0 Å². The zero-order valence-electron chi connectivity index (χ0n) is 21.3. The van der Waals surface area contributed by atoms with Crippen LogP contribution >= 0.6 is 0 Å². The molecule has 4 rings (SSSR count). The van der Waals surface area contributed by atoms with Crippen molar-refractivity contribution >= 4 is 23.0 Å². The maximum Gasteiger partial charge on any atom is 0.189 e. The first-order valence-corrected chi connectivity index (χ1v) is 12.0. The van der Waals surface area contributed by atoms with Crippen molar-refractivity contribution in [1.82, 2.24) is 29.4 Å². The minimum Gasteiger partial charge on any atom is -0.361 e. The summed E-state index contributed by atoms with van der Waals surface area (Å²) in [4.78, 5) is 29.4. The van der Waals surface area contributed by atoms with E-state index in [2.05, 4.69) is 45.0 Å². The van der Waals surface area contributed by atoms with Gasteiger partial charge < -0.3 is 9.91 Å². The third kappa shape index (κ3) is 4.93. The van der Waals surface area contributed by atoms with Crippen LogP contribution in [-0.2, 0) is 11.2 Å². The van der Waals surface area contributed by atoms with E-state index in [1.807, 2.05) is 24.8 Å². The van der Waals surface area contributed by atoms with E-state index < -0.39 is 5.83 Å². The lowest BCUT2D eigenvalue weighted by molar-refractivity contribution is -0.106. The normalized spacial score (nSPS) is 18.0. The smallest absolute Gasteiger partial charge is 0.189 e.